The van der Waals surface area contributed by atoms with E-state index in [2.05, 4.69) is 10.1 Å². The molecule has 0 aliphatic carbocycles. The molecular weight excluding hydrogens is 274 g/mol. The SMILES string of the molecule is COC(=O)[C@](O)(c1ccccc1)[C@@](C)(NC(C)=O)C(C)=O. The lowest BCUT2D eigenvalue weighted by Gasteiger charge is -2.41. The van der Waals surface area contributed by atoms with Crippen molar-refractivity contribution < 1.29 is 24.2 Å². The van der Waals surface area contributed by atoms with Crippen molar-refractivity contribution in [1.29, 1.82) is 0 Å². The molecule has 114 valence electrons. The standard InChI is InChI=1S/C15H19NO5/c1-10(17)14(3,16-11(2)18)15(20,13(19)21-4)12-8-6-5-7-9-12/h5-9,20H,1-4H3,(H,16,18)/t14-,15+/m0/s1. The number of carbonyl (C=O) groups excluding carboxylic acids is 3. The van der Waals surface area contributed by atoms with Crippen LogP contribution >= 0.6 is 0 Å². The Morgan fingerprint density at radius 1 is 1.14 bits per heavy atom. The Balaban J connectivity index is 3.59. The zero-order chi connectivity index (χ0) is 16.3. The average molecular weight is 293 g/mol. The summed E-state index contributed by atoms with van der Waals surface area (Å²) in [6.45, 7) is 3.68. The molecule has 1 amide bonds. The fourth-order valence-electron chi connectivity index (χ4n) is 2.22. The lowest BCUT2D eigenvalue weighted by molar-refractivity contribution is -0.177. The number of aliphatic hydroxyl groups is 1. The largest absolute Gasteiger partial charge is 0.467 e. The molecule has 0 aromatic heterocycles. The van der Waals surface area contributed by atoms with Gasteiger partial charge in [-0.05, 0) is 19.4 Å². The summed E-state index contributed by atoms with van der Waals surface area (Å²) in [5.74, 6) is -2.15. The summed E-state index contributed by atoms with van der Waals surface area (Å²) in [6.07, 6.45) is 0. The minimum absolute atomic E-state index is 0.156. The third-order valence-corrected chi connectivity index (χ3v) is 3.53. The van der Waals surface area contributed by atoms with Gasteiger partial charge in [0.05, 0.1) is 7.11 Å². The summed E-state index contributed by atoms with van der Waals surface area (Å²) in [5, 5.41) is 13.4. The first-order valence-corrected chi connectivity index (χ1v) is 6.36. The number of ether oxygens (including phenoxy) is 1. The van der Waals surface area contributed by atoms with Gasteiger partial charge in [0.25, 0.3) is 0 Å². The number of amides is 1. The third kappa shape index (κ3) is 2.80. The third-order valence-electron chi connectivity index (χ3n) is 3.53. The molecule has 0 heterocycles. The van der Waals surface area contributed by atoms with Gasteiger partial charge >= 0.3 is 5.97 Å². The number of benzene rings is 1. The molecule has 21 heavy (non-hydrogen) atoms. The highest BCUT2D eigenvalue weighted by molar-refractivity contribution is 5.99. The second-order valence-electron chi connectivity index (χ2n) is 4.93. The van der Waals surface area contributed by atoms with Crippen LogP contribution in [0.25, 0.3) is 0 Å². The Morgan fingerprint density at radius 3 is 2.05 bits per heavy atom. The molecule has 0 unspecified atom stereocenters. The smallest absolute Gasteiger partial charge is 0.345 e. The van der Waals surface area contributed by atoms with E-state index in [4.69, 9.17) is 0 Å². The fourth-order valence-corrected chi connectivity index (χ4v) is 2.22. The number of Topliss-reactive ketones (excluding diaryl/α,β-unsaturated/α-hetero) is 1. The summed E-state index contributed by atoms with van der Waals surface area (Å²) < 4.78 is 4.66. The molecule has 1 aromatic carbocycles. The Hall–Kier alpha value is -2.21. The van der Waals surface area contributed by atoms with Crippen molar-refractivity contribution in [3.8, 4) is 0 Å². The topological polar surface area (TPSA) is 92.7 Å². The van der Waals surface area contributed by atoms with Gasteiger partial charge in [-0.25, -0.2) is 4.79 Å². The first-order valence-electron chi connectivity index (χ1n) is 6.36. The van der Waals surface area contributed by atoms with E-state index in [0.717, 1.165) is 7.11 Å². The van der Waals surface area contributed by atoms with E-state index in [1.165, 1.54) is 32.9 Å². The van der Waals surface area contributed by atoms with Crippen LogP contribution < -0.4 is 5.32 Å². The van der Waals surface area contributed by atoms with Gasteiger partial charge < -0.3 is 15.2 Å². The molecule has 0 saturated heterocycles. The van der Waals surface area contributed by atoms with Gasteiger partial charge in [-0.2, -0.15) is 0 Å². The number of esters is 1. The second-order valence-corrected chi connectivity index (χ2v) is 4.93. The van der Waals surface area contributed by atoms with Gasteiger partial charge in [-0.1, -0.05) is 30.3 Å². The zero-order valence-electron chi connectivity index (χ0n) is 12.5. The van der Waals surface area contributed by atoms with Gasteiger partial charge in [-0.15, -0.1) is 0 Å². The number of hydrogen-bond acceptors (Lipinski definition) is 5. The molecule has 1 aromatic rings. The van der Waals surface area contributed by atoms with Crippen LogP contribution in [0.15, 0.2) is 30.3 Å². The van der Waals surface area contributed by atoms with E-state index in [-0.39, 0.29) is 5.56 Å². The van der Waals surface area contributed by atoms with Crippen molar-refractivity contribution in [3.63, 3.8) is 0 Å². The van der Waals surface area contributed by atoms with E-state index in [9.17, 15) is 19.5 Å². The maximum atomic E-state index is 12.2. The average Bonchev–Trinajstić information content (AvgIpc) is 2.45. The number of methoxy groups -OCH3 is 1. The highest BCUT2D eigenvalue weighted by Crippen LogP contribution is 2.35. The lowest BCUT2D eigenvalue weighted by Crippen LogP contribution is -2.67. The number of nitrogens with one attached hydrogen (secondary N) is 1. The molecule has 0 radical (unpaired) electrons. The van der Waals surface area contributed by atoms with Gasteiger partial charge in [0.1, 0.15) is 5.54 Å². The molecule has 0 spiro atoms. The van der Waals surface area contributed by atoms with Crippen LogP contribution in [0.1, 0.15) is 26.3 Å². The van der Waals surface area contributed by atoms with Crippen LogP contribution in [-0.2, 0) is 24.7 Å². The highest BCUT2D eigenvalue weighted by atomic mass is 16.5. The van der Waals surface area contributed by atoms with Crippen molar-refractivity contribution in [2.75, 3.05) is 7.11 Å². The summed E-state index contributed by atoms with van der Waals surface area (Å²) >= 11 is 0. The molecule has 6 heteroatoms. The minimum atomic E-state index is -2.33. The molecule has 0 aliphatic rings. The van der Waals surface area contributed by atoms with Crippen LogP contribution in [0, 0.1) is 0 Å². The lowest BCUT2D eigenvalue weighted by atomic mass is 9.73. The molecule has 2 N–H and O–H groups in total. The van der Waals surface area contributed by atoms with Crippen molar-refractivity contribution in [1.82, 2.24) is 5.32 Å². The highest BCUT2D eigenvalue weighted by Gasteiger charge is 2.58. The predicted molar refractivity (Wildman–Crippen MR) is 75.3 cm³/mol. The van der Waals surface area contributed by atoms with Gasteiger partial charge in [-0.3, -0.25) is 9.59 Å². The summed E-state index contributed by atoms with van der Waals surface area (Å²) in [5.41, 5.74) is -4.03. The molecule has 6 nitrogen and oxygen atoms in total. The summed E-state index contributed by atoms with van der Waals surface area (Å²) in [7, 11) is 1.10. The second kappa shape index (κ2) is 6.05. The number of ketones is 1. The number of hydrogen-bond donors (Lipinski definition) is 2. The van der Waals surface area contributed by atoms with E-state index in [1.54, 1.807) is 18.2 Å². The van der Waals surface area contributed by atoms with Gasteiger partial charge in [0.2, 0.25) is 11.5 Å². The number of carbonyl (C=O) groups is 3. The Kier molecular flexibility index (Phi) is 4.85. The molecule has 0 bridgehead atoms. The summed E-state index contributed by atoms with van der Waals surface area (Å²) in [4.78, 5) is 35.7. The van der Waals surface area contributed by atoms with Crippen molar-refractivity contribution in [2.24, 2.45) is 0 Å². The maximum absolute atomic E-state index is 12.2. The molecule has 0 fully saturated rings. The predicted octanol–water partition coefficient (Wildman–Crippen LogP) is 0.531. The van der Waals surface area contributed by atoms with E-state index in [0.29, 0.717) is 0 Å². The normalized spacial score (nSPS) is 16.2. The molecule has 0 aliphatic heterocycles. The van der Waals surface area contributed by atoms with Crippen LogP contribution in [0.5, 0.6) is 0 Å². The molecule has 2 atom stereocenters. The van der Waals surface area contributed by atoms with Crippen molar-refractivity contribution in [3.05, 3.63) is 35.9 Å². The van der Waals surface area contributed by atoms with Crippen molar-refractivity contribution in [2.45, 2.75) is 31.9 Å². The van der Waals surface area contributed by atoms with E-state index >= 15 is 0 Å². The minimum Gasteiger partial charge on any atom is -0.467 e. The monoisotopic (exact) mass is 293 g/mol. The number of rotatable bonds is 5. The van der Waals surface area contributed by atoms with Crippen LogP contribution in [-0.4, -0.2) is 35.4 Å². The maximum Gasteiger partial charge on any atom is 0.345 e. The molecule has 1 rings (SSSR count). The van der Waals surface area contributed by atoms with E-state index in [1.807, 2.05) is 0 Å². The first kappa shape index (κ1) is 16.8. The van der Waals surface area contributed by atoms with Gasteiger partial charge in [0, 0.05) is 6.92 Å². The molecule has 0 saturated carbocycles. The van der Waals surface area contributed by atoms with Crippen LogP contribution in [0.4, 0.5) is 0 Å². The molecular formula is C15H19NO5. The van der Waals surface area contributed by atoms with Crippen LogP contribution in [0.3, 0.4) is 0 Å². The van der Waals surface area contributed by atoms with E-state index < -0.39 is 28.8 Å². The Bertz CT molecular complexity index is 556. The zero-order valence-corrected chi connectivity index (χ0v) is 12.5. The van der Waals surface area contributed by atoms with Crippen molar-refractivity contribution >= 4 is 17.7 Å². The van der Waals surface area contributed by atoms with Crippen LogP contribution in [0.2, 0.25) is 0 Å². The quantitative estimate of drug-likeness (QED) is 0.773. The Morgan fingerprint density at radius 2 is 1.67 bits per heavy atom. The first-order chi connectivity index (χ1) is 9.70. The van der Waals surface area contributed by atoms with Gasteiger partial charge in [0.15, 0.2) is 5.78 Å². The fraction of sp³-hybridized carbons (Fsp3) is 0.400. The Labute approximate surface area is 123 Å². The summed E-state index contributed by atoms with van der Waals surface area (Å²) in [6, 6.07) is 7.89.